The average Bonchev–Trinajstić information content (AvgIpc) is 2.85. The van der Waals surface area contributed by atoms with Gasteiger partial charge in [-0.05, 0) is 66.9 Å². The summed E-state index contributed by atoms with van der Waals surface area (Å²) in [5, 5.41) is 15.6. The SMILES string of the molecule is COc1cc(/C=C(/C#N)C(=O)Nc2ccccc2C)cc(Cl)c1OCC(=O)Nc1ccc(C)c(Cl)c1. The highest BCUT2D eigenvalue weighted by Gasteiger charge is 2.16. The van der Waals surface area contributed by atoms with E-state index in [2.05, 4.69) is 10.6 Å². The van der Waals surface area contributed by atoms with Gasteiger partial charge in [-0.2, -0.15) is 5.26 Å². The van der Waals surface area contributed by atoms with Crippen LogP contribution in [0.15, 0.2) is 60.2 Å². The van der Waals surface area contributed by atoms with Crippen LogP contribution in [0, 0.1) is 25.2 Å². The minimum atomic E-state index is -0.560. The number of anilines is 2. The quantitative estimate of drug-likeness (QED) is 0.271. The molecule has 0 aliphatic heterocycles. The van der Waals surface area contributed by atoms with Crippen LogP contribution in [0.25, 0.3) is 6.08 Å². The number of hydrogen-bond donors (Lipinski definition) is 2. The van der Waals surface area contributed by atoms with E-state index in [4.69, 9.17) is 32.7 Å². The van der Waals surface area contributed by atoms with Gasteiger partial charge in [0.05, 0.1) is 12.1 Å². The van der Waals surface area contributed by atoms with E-state index in [1.807, 2.05) is 32.0 Å². The summed E-state index contributed by atoms with van der Waals surface area (Å²) in [4.78, 5) is 25.0. The number of nitriles is 1. The van der Waals surface area contributed by atoms with Gasteiger partial charge in [0.15, 0.2) is 18.1 Å². The molecule has 7 nitrogen and oxygen atoms in total. The summed E-state index contributed by atoms with van der Waals surface area (Å²) in [6.45, 7) is 3.38. The van der Waals surface area contributed by atoms with Crippen molar-refractivity contribution in [1.82, 2.24) is 0 Å². The number of nitrogens with one attached hydrogen (secondary N) is 2. The van der Waals surface area contributed by atoms with E-state index < -0.39 is 11.8 Å². The van der Waals surface area contributed by atoms with Crippen LogP contribution in [0.2, 0.25) is 10.0 Å². The maximum Gasteiger partial charge on any atom is 0.266 e. The van der Waals surface area contributed by atoms with Gasteiger partial charge >= 0.3 is 0 Å². The third-order valence-corrected chi connectivity index (χ3v) is 5.81. The normalized spacial score (nSPS) is 10.8. The number of carbonyl (C=O) groups excluding carboxylic acids is 2. The molecule has 0 unspecified atom stereocenters. The molecule has 0 atom stereocenters. The zero-order valence-electron chi connectivity index (χ0n) is 19.8. The lowest BCUT2D eigenvalue weighted by Crippen LogP contribution is -2.20. The Labute approximate surface area is 219 Å². The fourth-order valence-electron chi connectivity index (χ4n) is 3.19. The van der Waals surface area contributed by atoms with Crippen molar-refractivity contribution in [3.8, 4) is 17.6 Å². The van der Waals surface area contributed by atoms with Crippen LogP contribution in [-0.4, -0.2) is 25.5 Å². The van der Waals surface area contributed by atoms with Crippen molar-refractivity contribution in [3.63, 3.8) is 0 Å². The van der Waals surface area contributed by atoms with Gasteiger partial charge in [0.1, 0.15) is 11.6 Å². The van der Waals surface area contributed by atoms with Crippen LogP contribution in [-0.2, 0) is 9.59 Å². The molecule has 0 spiro atoms. The smallest absolute Gasteiger partial charge is 0.266 e. The van der Waals surface area contributed by atoms with Gasteiger partial charge in [-0.1, -0.05) is 47.5 Å². The second-order valence-corrected chi connectivity index (χ2v) is 8.59. The predicted octanol–water partition coefficient (Wildman–Crippen LogP) is 6.18. The summed E-state index contributed by atoms with van der Waals surface area (Å²) in [6.07, 6.45) is 1.39. The van der Waals surface area contributed by atoms with Gasteiger partial charge in [0, 0.05) is 16.4 Å². The number of para-hydroxylation sites is 1. The summed E-state index contributed by atoms with van der Waals surface area (Å²) < 4.78 is 11.0. The maximum atomic E-state index is 12.6. The van der Waals surface area contributed by atoms with E-state index in [-0.39, 0.29) is 28.7 Å². The van der Waals surface area contributed by atoms with Crippen LogP contribution in [0.4, 0.5) is 11.4 Å². The number of halogens is 2. The Bertz CT molecular complexity index is 1380. The van der Waals surface area contributed by atoms with Crippen molar-refractivity contribution in [2.45, 2.75) is 13.8 Å². The zero-order chi connectivity index (χ0) is 26.2. The number of carbonyl (C=O) groups is 2. The van der Waals surface area contributed by atoms with Gasteiger partial charge < -0.3 is 20.1 Å². The van der Waals surface area contributed by atoms with Crippen LogP contribution >= 0.6 is 23.2 Å². The number of aryl methyl sites for hydroxylation is 2. The Kier molecular flexibility index (Phi) is 8.96. The van der Waals surface area contributed by atoms with Gasteiger partial charge in [-0.25, -0.2) is 0 Å². The minimum absolute atomic E-state index is 0.124. The molecule has 36 heavy (non-hydrogen) atoms. The van der Waals surface area contributed by atoms with Gasteiger partial charge in [-0.3, -0.25) is 9.59 Å². The molecule has 0 bridgehead atoms. The third-order valence-electron chi connectivity index (χ3n) is 5.12. The highest BCUT2D eigenvalue weighted by atomic mass is 35.5. The van der Waals surface area contributed by atoms with Crippen molar-refractivity contribution in [1.29, 1.82) is 5.26 Å². The molecule has 3 aromatic carbocycles. The van der Waals surface area contributed by atoms with Crippen molar-refractivity contribution >= 4 is 52.5 Å². The Morgan fingerprint density at radius 1 is 1.00 bits per heavy atom. The molecule has 3 rings (SSSR count). The summed E-state index contributed by atoms with van der Waals surface area (Å²) in [5.74, 6) is -0.598. The molecule has 0 aliphatic rings. The lowest BCUT2D eigenvalue weighted by Gasteiger charge is -2.14. The molecule has 0 saturated carbocycles. The molecule has 9 heteroatoms. The highest BCUT2D eigenvalue weighted by Crippen LogP contribution is 2.37. The minimum Gasteiger partial charge on any atom is -0.493 e. The monoisotopic (exact) mass is 523 g/mol. The van der Waals surface area contributed by atoms with E-state index in [1.165, 1.54) is 19.3 Å². The first-order valence-corrected chi connectivity index (χ1v) is 11.5. The second kappa shape index (κ2) is 12.1. The average molecular weight is 524 g/mol. The highest BCUT2D eigenvalue weighted by molar-refractivity contribution is 6.32. The van der Waals surface area contributed by atoms with Crippen LogP contribution in [0.3, 0.4) is 0 Å². The first-order chi connectivity index (χ1) is 17.2. The predicted molar refractivity (Wildman–Crippen MR) is 142 cm³/mol. The number of ether oxygens (including phenoxy) is 2. The van der Waals surface area contributed by atoms with Gasteiger partial charge in [0.2, 0.25) is 0 Å². The topological polar surface area (TPSA) is 100 Å². The molecular formula is C27H23Cl2N3O4. The molecule has 0 fully saturated rings. The summed E-state index contributed by atoms with van der Waals surface area (Å²) in [6, 6.07) is 17.4. The molecule has 0 heterocycles. The first kappa shape index (κ1) is 26.6. The summed E-state index contributed by atoms with van der Waals surface area (Å²) in [5.41, 5.74) is 3.22. The van der Waals surface area contributed by atoms with Crippen LogP contribution < -0.4 is 20.1 Å². The molecule has 0 aromatic heterocycles. The standard InChI is InChI=1S/C27H23Cl2N3O4/c1-16-8-9-20(13-21(16)28)31-25(33)15-36-26-22(29)11-18(12-24(26)35-3)10-19(14-30)27(34)32-23-7-5-4-6-17(23)2/h4-13H,15H2,1-3H3,(H,31,33)(H,32,34)/b19-10-. The lowest BCUT2D eigenvalue weighted by molar-refractivity contribution is -0.118. The maximum absolute atomic E-state index is 12.6. The van der Waals surface area contributed by atoms with Crippen LogP contribution in [0.1, 0.15) is 16.7 Å². The number of rotatable bonds is 8. The van der Waals surface area contributed by atoms with E-state index in [0.29, 0.717) is 22.0 Å². The summed E-state index contributed by atoms with van der Waals surface area (Å²) >= 11 is 12.5. The largest absolute Gasteiger partial charge is 0.493 e. The Hall–Kier alpha value is -3.99. The van der Waals surface area contributed by atoms with Crippen molar-refractivity contribution in [2.24, 2.45) is 0 Å². The molecule has 0 aliphatic carbocycles. The van der Waals surface area contributed by atoms with E-state index >= 15 is 0 Å². The molecule has 0 radical (unpaired) electrons. The van der Waals surface area contributed by atoms with E-state index in [1.54, 1.807) is 36.4 Å². The molecule has 2 amide bonds. The fourth-order valence-corrected chi connectivity index (χ4v) is 3.64. The Balaban J connectivity index is 1.74. The van der Waals surface area contributed by atoms with Crippen molar-refractivity contribution < 1.29 is 19.1 Å². The first-order valence-electron chi connectivity index (χ1n) is 10.8. The van der Waals surface area contributed by atoms with Gasteiger partial charge in [0.25, 0.3) is 11.8 Å². The molecular weight excluding hydrogens is 501 g/mol. The van der Waals surface area contributed by atoms with Gasteiger partial charge in [-0.15, -0.1) is 0 Å². The summed E-state index contributed by atoms with van der Waals surface area (Å²) in [7, 11) is 1.41. The Morgan fingerprint density at radius 2 is 1.75 bits per heavy atom. The number of benzene rings is 3. The van der Waals surface area contributed by atoms with E-state index in [9.17, 15) is 14.9 Å². The third kappa shape index (κ3) is 6.79. The molecule has 0 saturated heterocycles. The van der Waals surface area contributed by atoms with Crippen molar-refractivity contribution in [3.05, 3.63) is 86.9 Å². The molecule has 184 valence electrons. The lowest BCUT2D eigenvalue weighted by atomic mass is 10.1. The molecule has 2 N–H and O–H groups in total. The number of nitrogens with zero attached hydrogens (tertiary/aromatic N) is 1. The second-order valence-electron chi connectivity index (χ2n) is 7.77. The Morgan fingerprint density at radius 3 is 2.42 bits per heavy atom. The fraction of sp³-hybridized carbons (Fsp3) is 0.148. The van der Waals surface area contributed by atoms with Crippen LogP contribution in [0.5, 0.6) is 11.5 Å². The number of hydrogen-bond acceptors (Lipinski definition) is 5. The van der Waals surface area contributed by atoms with E-state index in [0.717, 1.165) is 11.1 Å². The molecule has 3 aromatic rings. The number of methoxy groups -OCH3 is 1. The zero-order valence-corrected chi connectivity index (χ0v) is 21.3. The number of amides is 2. The van der Waals surface area contributed by atoms with Crippen molar-refractivity contribution in [2.75, 3.05) is 24.4 Å².